The maximum absolute atomic E-state index is 3.42. The molecule has 0 radical (unpaired) electrons. The highest BCUT2D eigenvalue weighted by Gasteiger charge is 2.14. The van der Waals surface area contributed by atoms with E-state index in [1.165, 1.54) is 49.9 Å². The summed E-state index contributed by atoms with van der Waals surface area (Å²) >= 11 is 0. The van der Waals surface area contributed by atoms with E-state index in [2.05, 4.69) is 36.5 Å². The molecule has 2 rings (SSSR count). The van der Waals surface area contributed by atoms with Crippen molar-refractivity contribution in [1.29, 1.82) is 0 Å². The van der Waals surface area contributed by atoms with Gasteiger partial charge in [-0.2, -0.15) is 0 Å². The van der Waals surface area contributed by atoms with Gasteiger partial charge in [0.1, 0.15) is 0 Å². The smallest absolute Gasteiger partial charge is 0.00431 e. The summed E-state index contributed by atoms with van der Waals surface area (Å²) in [5.41, 5.74) is 3.02. The van der Waals surface area contributed by atoms with Gasteiger partial charge in [-0.1, -0.05) is 37.6 Å². The van der Waals surface area contributed by atoms with Crippen molar-refractivity contribution in [3.8, 4) is 0 Å². The summed E-state index contributed by atoms with van der Waals surface area (Å²) in [6.45, 7) is 4.60. The van der Waals surface area contributed by atoms with E-state index in [1.54, 1.807) is 0 Å². The lowest BCUT2D eigenvalue weighted by Crippen LogP contribution is -2.26. The van der Waals surface area contributed by atoms with Crippen LogP contribution in [0.4, 0.5) is 0 Å². The molecule has 15 heavy (non-hydrogen) atoms. The minimum Gasteiger partial charge on any atom is -0.317 e. The molecule has 1 heterocycles. The van der Waals surface area contributed by atoms with E-state index in [-0.39, 0.29) is 0 Å². The summed E-state index contributed by atoms with van der Waals surface area (Å²) in [5.74, 6) is 0.793. The third-order valence-electron chi connectivity index (χ3n) is 3.33. The van der Waals surface area contributed by atoms with E-state index >= 15 is 0 Å². The first-order chi connectivity index (χ1) is 7.40. The van der Waals surface area contributed by atoms with Crippen molar-refractivity contribution in [2.24, 2.45) is 0 Å². The van der Waals surface area contributed by atoms with Crippen LogP contribution >= 0.6 is 0 Å². The molecule has 1 N–H and O–H groups in total. The Balaban J connectivity index is 2.02. The van der Waals surface area contributed by atoms with E-state index in [1.807, 2.05) is 0 Å². The highest BCUT2D eigenvalue weighted by Crippen LogP contribution is 2.25. The summed E-state index contributed by atoms with van der Waals surface area (Å²) in [5, 5.41) is 3.42. The summed E-state index contributed by atoms with van der Waals surface area (Å²) in [4.78, 5) is 0. The van der Waals surface area contributed by atoms with Crippen molar-refractivity contribution in [3.63, 3.8) is 0 Å². The highest BCUT2D eigenvalue weighted by molar-refractivity contribution is 5.25. The fourth-order valence-corrected chi connectivity index (χ4v) is 2.40. The molecule has 1 fully saturated rings. The predicted molar refractivity (Wildman–Crippen MR) is 65.3 cm³/mol. The molecule has 0 aromatic heterocycles. The Morgan fingerprint density at radius 2 is 1.80 bits per heavy atom. The molecule has 0 aliphatic carbocycles. The molecule has 1 aromatic carbocycles. The van der Waals surface area contributed by atoms with Crippen LogP contribution in [0.1, 0.15) is 43.2 Å². The molecule has 0 spiro atoms. The number of aryl methyl sites for hydroxylation is 1. The van der Waals surface area contributed by atoms with Gasteiger partial charge in [0.25, 0.3) is 0 Å². The van der Waals surface area contributed by atoms with E-state index in [9.17, 15) is 0 Å². The lowest BCUT2D eigenvalue weighted by atomic mass is 9.89. The molecular weight excluding hydrogens is 182 g/mol. The molecule has 1 saturated heterocycles. The molecule has 0 bridgehead atoms. The van der Waals surface area contributed by atoms with Crippen LogP contribution in [0.3, 0.4) is 0 Å². The minimum absolute atomic E-state index is 0.793. The fourth-order valence-electron chi connectivity index (χ4n) is 2.40. The Kier molecular flexibility index (Phi) is 3.79. The molecule has 82 valence electrons. The monoisotopic (exact) mass is 203 g/mol. The van der Waals surface area contributed by atoms with Gasteiger partial charge in [-0.25, -0.2) is 0 Å². The van der Waals surface area contributed by atoms with Gasteiger partial charge in [0.05, 0.1) is 0 Å². The van der Waals surface area contributed by atoms with Gasteiger partial charge in [0.2, 0.25) is 0 Å². The van der Waals surface area contributed by atoms with Gasteiger partial charge in [-0.15, -0.1) is 0 Å². The molecule has 1 heteroatoms. The number of rotatable bonds is 3. The average molecular weight is 203 g/mol. The Labute approximate surface area is 92.9 Å². The van der Waals surface area contributed by atoms with Crippen molar-refractivity contribution in [3.05, 3.63) is 35.4 Å². The number of nitrogens with one attached hydrogen (secondary N) is 1. The number of benzene rings is 1. The second-order valence-corrected chi connectivity index (χ2v) is 4.52. The zero-order chi connectivity index (χ0) is 10.5. The summed E-state index contributed by atoms with van der Waals surface area (Å²) in [6, 6.07) is 9.28. The molecule has 0 saturated carbocycles. The van der Waals surface area contributed by atoms with E-state index in [4.69, 9.17) is 0 Å². The van der Waals surface area contributed by atoms with Crippen molar-refractivity contribution in [1.82, 2.24) is 5.32 Å². The van der Waals surface area contributed by atoms with Crippen molar-refractivity contribution in [2.75, 3.05) is 13.1 Å². The topological polar surface area (TPSA) is 12.0 Å². The van der Waals surface area contributed by atoms with Crippen LogP contribution < -0.4 is 5.32 Å². The van der Waals surface area contributed by atoms with Crippen molar-refractivity contribution >= 4 is 0 Å². The second kappa shape index (κ2) is 5.32. The quantitative estimate of drug-likeness (QED) is 0.796. The number of hydrogen-bond acceptors (Lipinski definition) is 1. The zero-order valence-electron chi connectivity index (χ0n) is 9.63. The van der Waals surface area contributed by atoms with Crippen LogP contribution in [0.25, 0.3) is 0 Å². The third-order valence-corrected chi connectivity index (χ3v) is 3.33. The summed E-state index contributed by atoms with van der Waals surface area (Å²) < 4.78 is 0. The first-order valence-corrected chi connectivity index (χ1v) is 6.19. The molecular formula is C14H21N. The molecule has 1 aliphatic heterocycles. The lowest BCUT2D eigenvalue weighted by molar-refractivity contribution is 0.460. The Bertz CT molecular complexity index is 283. The van der Waals surface area contributed by atoms with Crippen LogP contribution in [-0.4, -0.2) is 13.1 Å². The maximum Gasteiger partial charge on any atom is -0.00431 e. The molecule has 1 aliphatic rings. The highest BCUT2D eigenvalue weighted by atomic mass is 14.9. The van der Waals surface area contributed by atoms with Gasteiger partial charge in [0, 0.05) is 0 Å². The lowest BCUT2D eigenvalue weighted by Gasteiger charge is -2.23. The molecule has 1 aromatic rings. The molecule has 0 unspecified atom stereocenters. The second-order valence-electron chi connectivity index (χ2n) is 4.52. The predicted octanol–water partition coefficient (Wildman–Crippen LogP) is 3.11. The van der Waals surface area contributed by atoms with Gasteiger partial charge >= 0.3 is 0 Å². The molecule has 0 amide bonds. The van der Waals surface area contributed by atoms with Crippen molar-refractivity contribution < 1.29 is 0 Å². The van der Waals surface area contributed by atoms with Crippen LogP contribution in [0, 0.1) is 0 Å². The first kappa shape index (κ1) is 10.7. The number of hydrogen-bond donors (Lipinski definition) is 1. The standard InChI is InChI=1S/C14H21N/c1-2-3-12-4-6-13(7-5-12)14-8-10-15-11-9-14/h4-7,14-15H,2-3,8-11H2,1H3. The van der Waals surface area contributed by atoms with Crippen LogP contribution in [0.5, 0.6) is 0 Å². The minimum atomic E-state index is 0.793. The number of piperidine rings is 1. The molecule has 1 nitrogen and oxygen atoms in total. The van der Waals surface area contributed by atoms with Gasteiger partial charge < -0.3 is 5.32 Å². The zero-order valence-corrected chi connectivity index (χ0v) is 9.63. The normalized spacial score (nSPS) is 17.9. The average Bonchev–Trinajstić information content (AvgIpc) is 2.32. The maximum atomic E-state index is 3.42. The fraction of sp³-hybridized carbons (Fsp3) is 0.571. The Hall–Kier alpha value is -0.820. The molecule has 0 atom stereocenters. The van der Waals surface area contributed by atoms with Crippen LogP contribution in [-0.2, 0) is 6.42 Å². The van der Waals surface area contributed by atoms with E-state index in [0.717, 1.165) is 5.92 Å². The van der Waals surface area contributed by atoms with Crippen LogP contribution in [0.15, 0.2) is 24.3 Å². The largest absolute Gasteiger partial charge is 0.317 e. The van der Waals surface area contributed by atoms with Gasteiger partial charge in [-0.05, 0) is 49.4 Å². The van der Waals surface area contributed by atoms with Gasteiger partial charge in [-0.3, -0.25) is 0 Å². The SMILES string of the molecule is CCCc1ccc(C2CCNCC2)cc1. The first-order valence-electron chi connectivity index (χ1n) is 6.19. The Morgan fingerprint density at radius 1 is 1.13 bits per heavy atom. The van der Waals surface area contributed by atoms with Crippen LogP contribution in [0.2, 0.25) is 0 Å². The van der Waals surface area contributed by atoms with Gasteiger partial charge in [0.15, 0.2) is 0 Å². The van der Waals surface area contributed by atoms with Crippen molar-refractivity contribution in [2.45, 2.75) is 38.5 Å². The Morgan fingerprint density at radius 3 is 2.40 bits per heavy atom. The summed E-state index contributed by atoms with van der Waals surface area (Å²) in [7, 11) is 0. The van der Waals surface area contributed by atoms with E-state index in [0.29, 0.717) is 0 Å². The third kappa shape index (κ3) is 2.82. The van der Waals surface area contributed by atoms with E-state index < -0.39 is 0 Å². The summed E-state index contributed by atoms with van der Waals surface area (Å²) in [6.07, 6.45) is 5.06.